The lowest BCUT2D eigenvalue weighted by Gasteiger charge is -2.26. The first-order valence-corrected chi connectivity index (χ1v) is 7.28. The first-order valence-electron chi connectivity index (χ1n) is 7.28. The zero-order valence-electron chi connectivity index (χ0n) is 12.2. The van der Waals surface area contributed by atoms with E-state index >= 15 is 0 Å². The molecule has 0 saturated carbocycles. The average Bonchev–Trinajstić information content (AvgIpc) is 2.77. The Morgan fingerprint density at radius 3 is 2.79 bits per heavy atom. The third-order valence-corrected chi connectivity index (χ3v) is 3.91. The number of ether oxygens (including phenoxy) is 1. The molecule has 0 radical (unpaired) electrons. The topological polar surface area (TPSA) is 47.3 Å². The molecule has 1 aliphatic rings. The van der Waals surface area contributed by atoms with E-state index in [0.29, 0.717) is 11.8 Å². The minimum atomic E-state index is 0.0876. The van der Waals surface area contributed by atoms with Crippen molar-refractivity contribution in [3.8, 4) is 0 Å². The lowest BCUT2D eigenvalue weighted by molar-refractivity contribution is 0.0607. The Kier molecular flexibility index (Phi) is 4.97. The number of hydrogen-bond donors (Lipinski definition) is 2. The maximum atomic E-state index is 5.85. The van der Waals surface area contributed by atoms with Crippen molar-refractivity contribution in [2.75, 3.05) is 6.61 Å². The molecule has 1 saturated heterocycles. The molecule has 0 aliphatic carbocycles. The molecule has 19 heavy (non-hydrogen) atoms. The summed E-state index contributed by atoms with van der Waals surface area (Å²) < 4.78 is 5.85. The Morgan fingerprint density at radius 2 is 2.21 bits per heavy atom. The van der Waals surface area contributed by atoms with Gasteiger partial charge in [-0.1, -0.05) is 45.0 Å². The predicted octanol–water partition coefficient (Wildman–Crippen LogP) is 2.81. The predicted molar refractivity (Wildman–Crippen MR) is 78.6 cm³/mol. The van der Waals surface area contributed by atoms with E-state index in [2.05, 4.69) is 50.5 Å². The molecule has 1 aromatic rings. The van der Waals surface area contributed by atoms with Gasteiger partial charge in [-0.25, -0.2) is 0 Å². The molecular formula is C16H26N2O. The van der Waals surface area contributed by atoms with Gasteiger partial charge in [0.15, 0.2) is 0 Å². The van der Waals surface area contributed by atoms with Crippen LogP contribution < -0.4 is 11.3 Å². The van der Waals surface area contributed by atoms with E-state index in [1.807, 2.05) is 0 Å². The van der Waals surface area contributed by atoms with Crippen LogP contribution in [0.3, 0.4) is 0 Å². The summed E-state index contributed by atoms with van der Waals surface area (Å²) in [6.45, 7) is 7.57. The van der Waals surface area contributed by atoms with Crippen LogP contribution in [0.1, 0.15) is 44.4 Å². The van der Waals surface area contributed by atoms with Crippen molar-refractivity contribution in [3.05, 3.63) is 35.4 Å². The summed E-state index contributed by atoms with van der Waals surface area (Å²) in [5.74, 6) is 6.99. The van der Waals surface area contributed by atoms with Crippen molar-refractivity contribution in [1.29, 1.82) is 0 Å². The molecule has 0 bridgehead atoms. The summed E-state index contributed by atoms with van der Waals surface area (Å²) in [4.78, 5) is 0. The number of hydrogen-bond acceptors (Lipinski definition) is 3. The van der Waals surface area contributed by atoms with Gasteiger partial charge in [-0.05, 0) is 35.8 Å². The van der Waals surface area contributed by atoms with Crippen LogP contribution in [0.25, 0.3) is 0 Å². The van der Waals surface area contributed by atoms with Crippen molar-refractivity contribution in [3.63, 3.8) is 0 Å². The quantitative estimate of drug-likeness (QED) is 0.633. The van der Waals surface area contributed by atoms with Gasteiger partial charge >= 0.3 is 0 Å². The molecule has 3 unspecified atom stereocenters. The highest BCUT2D eigenvalue weighted by Gasteiger charge is 2.32. The van der Waals surface area contributed by atoms with Crippen LogP contribution in [0.4, 0.5) is 0 Å². The summed E-state index contributed by atoms with van der Waals surface area (Å²) in [5, 5.41) is 0. The summed E-state index contributed by atoms with van der Waals surface area (Å²) in [6.07, 6.45) is 2.40. The van der Waals surface area contributed by atoms with Crippen LogP contribution in [-0.4, -0.2) is 12.7 Å². The Balaban J connectivity index is 2.18. The summed E-state index contributed by atoms with van der Waals surface area (Å²) in [6, 6.07) is 8.80. The molecule has 1 aliphatic heterocycles. The van der Waals surface area contributed by atoms with E-state index in [1.54, 1.807) is 0 Å². The van der Waals surface area contributed by atoms with E-state index in [-0.39, 0.29) is 12.1 Å². The second-order valence-electron chi connectivity index (χ2n) is 6.09. The molecule has 1 aromatic carbocycles. The van der Waals surface area contributed by atoms with Crippen LogP contribution >= 0.6 is 0 Å². The van der Waals surface area contributed by atoms with Crippen molar-refractivity contribution < 1.29 is 4.74 Å². The fraction of sp³-hybridized carbons (Fsp3) is 0.625. The summed E-state index contributed by atoms with van der Waals surface area (Å²) in [7, 11) is 0. The maximum absolute atomic E-state index is 5.85. The van der Waals surface area contributed by atoms with Gasteiger partial charge < -0.3 is 4.74 Å². The van der Waals surface area contributed by atoms with E-state index in [1.165, 1.54) is 11.1 Å². The largest absolute Gasteiger partial charge is 0.376 e. The minimum Gasteiger partial charge on any atom is -0.376 e. The lowest BCUT2D eigenvalue weighted by Crippen LogP contribution is -2.38. The second kappa shape index (κ2) is 6.51. The summed E-state index contributed by atoms with van der Waals surface area (Å²) >= 11 is 0. The number of nitrogens with two attached hydrogens (primary N) is 1. The molecule has 2 rings (SSSR count). The molecule has 1 heterocycles. The Hall–Kier alpha value is -0.900. The Morgan fingerprint density at radius 1 is 1.42 bits per heavy atom. The van der Waals surface area contributed by atoms with Crippen molar-refractivity contribution in [2.24, 2.45) is 17.7 Å². The first kappa shape index (κ1) is 14.5. The molecular weight excluding hydrogens is 236 g/mol. The van der Waals surface area contributed by atoms with Crippen LogP contribution in [0, 0.1) is 11.8 Å². The fourth-order valence-electron chi connectivity index (χ4n) is 2.91. The van der Waals surface area contributed by atoms with E-state index in [4.69, 9.17) is 10.6 Å². The lowest BCUT2D eigenvalue weighted by atomic mass is 9.91. The highest BCUT2D eigenvalue weighted by Crippen LogP contribution is 2.31. The Bertz CT molecular complexity index is 405. The molecule has 3 nitrogen and oxygen atoms in total. The third-order valence-electron chi connectivity index (χ3n) is 3.91. The molecule has 3 heteroatoms. The number of nitrogens with one attached hydrogen (secondary N) is 1. The van der Waals surface area contributed by atoms with Gasteiger partial charge in [-0.2, -0.15) is 0 Å². The third kappa shape index (κ3) is 3.56. The Labute approximate surface area is 116 Å². The van der Waals surface area contributed by atoms with Crippen LogP contribution in [0.15, 0.2) is 24.3 Å². The van der Waals surface area contributed by atoms with Crippen molar-refractivity contribution >= 4 is 0 Å². The molecule has 1 fully saturated rings. The number of rotatable bonds is 5. The van der Waals surface area contributed by atoms with Gasteiger partial charge in [0, 0.05) is 6.61 Å². The summed E-state index contributed by atoms with van der Waals surface area (Å²) in [5.41, 5.74) is 5.56. The number of hydrazine groups is 1. The zero-order valence-corrected chi connectivity index (χ0v) is 12.2. The SMILES string of the molecule is CC(C)Cc1cccc(C(NN)C2OCCC2C)c1. The molecule has 0 aromatic heterocycles. The van der Waals surface area contributed by atoms with Gasteiger partial charge in [0.25, 0.3) is 0 Å². The van der Waals surface area contributed by atoms with Gasteiger partial charge in [-0.15, -0.1) is 0 Å². The molecule has 0 spiro atoms. The molecule has 0 amide bonds. The highest BCUT2D eigenvalue weighted by molar-refractivity contribution is 5.27. The normalized spacial score (nSPS) is 24.9. The van der Waals surface area contributed by atoms with Crippen LogP contribution in [-0.2, 0) is 11.2 Å². The minimum absolute atomic E-state index is 0.0876. The zero-order chi connectivity index (χ0) is 13.8. The van der Waals surface area contributed by atoms with Crippen LogP contribution in [0.5, 0.6) is 0 Å². The van der Waals surface area contributed by atoms with Crippen molar-refractivity contribution in [2.45, 2.75) is 45.8 Å². The van der Waals surface area contributed by atoms with E-state index in [9.17, 15) is 0 Å². The highest BCUT2D eigenvalue weighted by atomic mass is 16.5. The van der Waals surface area contributed by atoms with Crippen LogP contribution in [0.2, 0.25) is 0 Å². The first-order chi connectivity index (χ1) is 9.11. The number of benzene rings is 1. The van der Waals surface area contributed by atoms with Gasteiger partial charge in [-0.3, -0.25) is 11.3 Å². The average molecular weight is 262 g/mol. The van der Waals surface area contributed by atoms with Crippen molar-refractivity contribution in [1.82, 2.24) is 5.43 Å². The molecule has 3 N–H and O–H groups in total. The van der Waals surface area contributed by atoms with Gasteiger partial charge in [0.05, 0.1) is 12.1 Å². The monoisotopic (exact) mass is 262 g/mol. The molecule has 106 valence electrons. The smallest absolute Gasteiger partial charge is 0.0808 e. The van der Waals surface area contributed by atoms with E-state index < -0.39 is 0 Å². The van der Waals surface area contributed by atoms with Gasteiger partial charge in [0.2, 0.25) is 0 Å². The van der Waals surface area contributed by atoms with E-state index in [0.717, 1.165) is 19.4 Å². The fourth-order valence-corrected chi connectivity index (χ4v) is 2.91. The molecule has 3 atom stereocenters. The standard InChI is InChI=1S/C16H26N2O/c1-11(2)9-13-5-4-6-14(10-13)15(18-17)16-12(3)7-8-19-16/h4-6,10-12,15-16,18H,7-9,17H2,1-3H3. The van der Waals surface area contributed by atoms with Gasteiger partial charge in [0.1, 0.15) is 0 Å². The maximum Gasteiger partial charge on any atom is 0.0808 e. The second-order valence-corrected chi connectivity index (χ2v) is 6.09.